The number of rotatable bonds is 5. The van der Waals surface area contributed by atoms with E-state index in [1.54, 1.807) is 37.5 Å². The summed E-state index contributed by atoms with van der Waals surface area (Å²) in [6.07, 6.45) is 3.89. The molecule has 0 spiro atoms. The van der Waals surface area contributed by atoms with Crippen LogP contribution in [0.2, 0.25) is 0 Å². The van der Waals surface area contributed by atoms with E-state index in [2.05, 4.69) is 50.1 Å². The van der Waals surface area contributed by atoms with Gasteiger partial charge in [0.05, 0.1) is 12.6 Å². The molecule has 0 aliphatic carbocycles. The molecule has 0 atom stereocenters. The first-order chi connectivity index (χ1) is 14.3. The molecule has 1 N–H and O–H groups in total. The quantitative estimate of drug-likeness (QED) is 0.548. The Bertz CT molecular complexity index is 1060. The average Bonchev–Trinajstić information content (AvgIpc) is 2.72. The molecule has 5 nitrogen and oxygen atoms in total. The topological polar surface area (TPSA) is 65.4 Å². The Morgan fingerprint density at radius 2 is 1.93 bits per heavy atom. The summed E-state index contributed by atoms with van der Waals surface area (Å²) in [6.45, 7) is 9.54. The van der Waals surface area contributed by atoms with Crippen molar-refractivity contribution in [1.29, 1.82) is 5.26 Å². The number of hydrogen-bond acceptors (Lipinski definition) is 4. The normalized spacial score (nSPS) is 15.0. The number of nitriles is 1. The minimum Gasteiger partial charge on any atom is -0.497 e. The van der Waals surface area contributed by atoms with E-state index >= 15 is 0 Å². The lowest BCUT2D eigenvalue weighted by atomic mass is 9.88. The third-order valence-electron chi connectivity index (χ3n) is 5.34. The van der Waals surface area contributed by atoms with Crippen molar-refractivity contribution in [3.05, 3.63) is 65.2 Å². The van der Waals surface area contributed by atoms with Crippen molar-refractivity contribution in [3.63, 3.8) is 0 Å². The molecule has 0 unspecified atom stereocenters. The van der Waals surface area contributed by atoms with Crippen molar-refractivity contribution in [2.45, 2.75) is 33.2 Å². The van der Waals surface area contributed by atoms with Gasteiger partial charge in [-0.25, -0.2) is 0 Å². The molecule has 1 amide bonds. The molecule has 5 heteroatoms. The molecule has 3 rings (SSSR count). The van der Waals surface area contributed by atoms with Crippen LogP contribution in [0, 0.1) is 11.3 Å². The van der Waals surface area contributed by atoms with Gasteiger partial charge in [-0.15, -0.1) is 0 Å². The van der Waals surface area contributed by atoms with Gasteiger partial charge in [0.1, 0.15) is 17.4 Å². The van der Waals surface area contributed by atoms with Crippen LogP contribution in [0.15, 0.2) is 54.1 Å². The van der Waals surface area contributed by atoms with Crippen molar-refractivity contribution in [1.82, 2.24) is 0 Å². The summed E-state index contributed by atoms with van der Waals surface area (Å²) in [5.74, 6) is 0.259. The van der Waals surface area contributed by atoms with E-state index in [1.807, 2.05) is 18.2 Å². The maximum atomic E-state index is 12.6. The number of hydrogen-bond donors (Lipinski definition) is 1. The van der Waals surface area contributed by atoms with Crippen LogP contribution in [0.3, 0.4) is 0 Å². The Hall–Kier alpha value is -3.52. The maximum absolute atomic E-state index is 12.6. The van der Waals surface area contributed by atoms with E-state index in [0.29, 0.717) is 11.4 Å². The van der Waals surface area contributed by atoms with E-state index in [0.717, 1.165) is 17.7 Å². The first-order valence-electron chi connectivity index (χ1n) is 9.97. The molecule has 1 aliphatic heterocycles. The maximum Gasteiger partial charge on any atom is 0.266 e. The highest BCUT2D eigenvalue weighted by Crippen LogP contribution is 2.39. The van der Waals surface area contributed by atoms with Crippen LogP contribution in [0.1, 0.15) is 38.8 Å². The first-order valence-corrected chi connectivity index (χ1v) is 9.97. The molecule has 0 aromatic heterocycles. The Morgan fingerprint density at radius 3 is 2.53 bits per heavy atom. The van der Waals surface area contributed by atoms with Gasteiger partial charge in [-0.3, -0.25) is 4.79 Å². The van der Waals surface area contributed by atoms with Crippen LogP contribution < -0.4 is 15.0 Å². The fourth-order valence-corrected chi connectivity index (χ4v) is 3.96. The molecule has 0 saturated carbocycles. The Kier molecular flexibility index (Phi) is 5.98. The van der Waals surface area contributed by atoms with E-state index in [1.165, 1.54) is 11.3 Å². The standard InChI is InChI=1S/C25H27N3O2/c1-6-28-23-12-7-18(14-22(23)17(2)15-25(28,3)4)13-19(16-26)24(29)27-20-8-10-21(30-5)11-9-20/h7-15H,6H2,1-5H3,(H,27,29)/b19-13+. The van der Waals surface area contributed by atoms with Gasteiger partial charge in [0.25, 0.3) is 5.91 Å². The molecule has 2 aromatic carbocycles. The SMILES string of the molecule is CCN1c2ccc(/C=C(\C#N)C(=O)Nc3ccc(OC)cc3)cc2C(C)=CC1(C)C. The molecular weight excluding hydrogens is 374 g/mol. The second-order valence-corrected chi connectivity index (χ2v) is 7.85. The highest BCUT2D eigenvalue weighted by Gasteiger charge is 2.30. The van der Waals surface area contributed by atoms with Gasteiger partial charge >= 0.3 is 0 Å². The summed E-state index contributed by atoms with van der Waals surface area (Å²) in [4.78, 5) is 14.9. The van der Waals surface area contributed by atoms with Crippen molar-refractivity contribution in [3.8, 4) is 11.8 Å². The Morgan fingerprint density at radius 1 is 1.23 bits per heavy atom. The van der Waals surface area contributed by atoms with E-state index in [-0.39, 0.29) is 11.1 Å². The van der Waals surface area contributed by atoms with E-state index < -0.39 is 5.91 Å². The summed E-state index contributed by atoms with van der Waals surface area (Å²) in [6, 6.07) is 15.1. The molecule has 30 heavy (non-hydrogen) atoms. The van der Waals surface area contributed by atoms with E-state index in [9.17, 15) is 10.1 Å². The largest absolute Gasteiger partial charge is 0.497 e. The molecule has 0 saturated heterocycles. The molecular formula is C25H27N3O2. The predicted octanol–water partition coefficient (Wildman–Crippen LogP) is 5.26. The second-order valence-electron chi connectivity index (χ2n) is 7.85. The number of nitrogens with one attached hydrogen (secondary N) is 1. The van der Waals surface area contributed by atoms with Gasteiger partial charge in [0.2, 0.25) is 0 Å². The van der Waals surface area contributed by atoms with Gasteiger partial charge in [0, 0.05) is 23.5 Å². The molecule has 1 heterocycles. The van der Waals surface area contributed by atoms with Gasteiger partial charge in [0.15, 0.2) is 0 Å². The number of likely N-dealkylation sites (N-methyl/N-ethyl adjacent to an activating group) is 1. The number of amides is 1. The second kappa shape index (κ2) is 8.46. The van der Waals surface area contributed by atoms with Gasteiger partial charge in [-0.2, -0.15) is 5.26 Å². The number of ether oxygens (including phenoxy) is 1. The number of allylic oxidation sites excluding steroid dienone is 1. The number of carbonyl (C=O) groups excluding carboxylic acids is 1. The third kappa shape index (κ3) is 4.23. The fraction of sp³-hybridized carbons (Fsp3) is 0.280. The van der Waals surface area contributed by atoms with Crippen LogP contribution in [0.5, 0.6) is 5.75 Å². The Balaban J connectivity index is 1.88. The molecule has 1 aliphatic rings. The van der Waals surface area contributed by atoms with Crippen molar-refractivity contribution in [2.75, 3.05) is 23.9 Å². The lowest BCUT2D eigenvalue weighted by Gasteiger charge is -2.42. The lowest BCUT2D eigenvalue weighted by molar-refractivity contribution is -0.112. The number of methoxy groups -OCH3 is 1. The summed E-state index contributed by atoms with van der Waals surface area (Å²) in [7, 11) is 1.58. The van der Waals surface area contributed by atoms with Crippen molar-refractivity contribution in [2.24, 2.45) is 0 Å². The van der Waals surface area contributed by atoms with Crippen LogP contribution in [-0.2, 0) is 4.79 Å². The summed E-state index contributed by atoms with van der Waals surface area (Å²) in [5.41, 5.74) is 4.90. The van der Waals surface area contributed by atoms with Crippen LogP contribution in [-0.4, -0.2) is 25.1 Å². The first kappa shape index (κ1) is 21.2. The zero-order valence-corrected chi connectivity index (χ0v) is 18.1. The molecule has 2 aromatic rings. The highest BCUT2D eigenvalue weighted by atomic mass is 16.5. The minimum absolute atomic E-state index is 0.0517. The monoisotopic (exact) mass is 401 g/mol. The number of nitrogens with zero attached hydrogens (tertiary/aromatic N) is 2. The summed E-state index contributed by atoms with van der Waals surface area (Å²) in [5, 5.41) is 12.3. The number of fused-ring (bicyclic) bond motifs is 1. The lowest BCUT2D eigenvalue weighted by Crippen LogP contribution is -2.44. The fourth-order valence-electron chi connectivity index (χ4n) is 3.96. The van der Waals surface area contributed by atoms with Gasteiger partial charge < -0.3 is 15.0 Å². The van der Waals surface area contributed by atoms with Crippen molar-refractivity contribution < 1.29 is 9.53 Å². The zero-order valence-electron chi connectivity index (χ0n) is 18.1. The zero-order chi connectivity index (χ0) is 21.9. The number of benzene rings is 2. The van der Waals surface area contributed by atoms with E-state index in [4.69, 9.17) is 4.74 Å². The average molecular weight is 402 g/mol. The summed E-state index contributed by atoms with van der Waals surface area (Å²) < 4.78 is 5.12. The van der Waals surface area contributed by atoms with Gasteiger partial charge in [-0.05, 0) is 81.3 Å². The number of carbonyl (C=O) groups is 1. The van der Waals surface area contributed by atoms with Gasteiger partial charge in [-0.1, -0.05) is 12.1 Å². The Labute approximate surface area is 178 Å². The summed E-state index contributed by atoms with van der Waals surface area (Å²) >= 11 is 0. The van der Waals surface area contributed by atoms with Crippen LogP contribution in [0.4, 0.5) is 11.4 Å². The smallest absolute Gasteiger partial charge is 0.266 e. The molecule has 0 radical (unpaired) electrons. The predicted molar refractivity (Wildman–Crippen MR) is 122 cm³/mol. The van der Waals surface area contributed by atoms with Crippen LogP contribution >= 0.6 is 0 Å². The van der Waals surface area contributed by atoms with Crippen LogP contribution in [0.25, 0.3) is 11.6 Å². The molecule has 0 bridgehead atoms. The molecule has 0 fully saturated rings. The molecule has 154 valence electrons. The third-order valence-corrected chi connectivity index (χ3v) is 5.34. The number of anilines is 2. The highest BCUT2D eigenvalue weighted by molar-refractivity contribution is 6.09. The minimum atomic E-state index is -0.441. The van der Waals surface area contributed by atoms with Crippen molar-refractivity contribution >= 4 is 28.9 Å².